The normalized spacial score (nSPS) is 30.1. The highest BCUT2D eigenvalue weighted by molar-refractivity contribution is 5.73. The van der Waals surface area contributed by atoms with Gasteiger partial charge in [-0.15, -0.1) is 0 Å². The van der Waals surface area contributed by atoms with Crippen LogP contribution in [0.5, 0.6) is 0 Å². The van der Waals surface area contributed by atoms with Crippen molar-refractivity contribution in [2.75, 3.05) is 20.2 Å². The Labute approximate surface area is 80.1 Å². The van der Waals surface area contributed by atoms with Gasteiger partial charge < -0.3 is 9.64 Å². The van der Waals surface area contributed by atoms with Gasteiger partial charge in [-0.05, 0) is 40.3 Å². The van der Waals surface area contributed by atoms with Crippen LogP contribution in [-0.2, 0) is 9.53 Å². The van der Waals surface area contributed by atoms with E-state index < -0.39 is 0 Å². The molecule has 1 rings (SSSR count). The highest BCUT2D eigenvalue weighted by Crippen LogP contribution is 2.23. The first-order chi connectivity index (χ1) is 6.16. The molecule has 0 bridgehead atoms. The Morgan fingerprint density at radius 3 is 2.92 bits per heavy atom. The van der Waals surface area contributed by atoms with E-state index >= 15 is 0 Å². The number of piperidine rings is 1. The van der Waals surface area contributed by atoms with Gasteiger partial charge in [0, 0.05) is 6.04 Å². The summed E-state index contributed by atoms with van der Waals surface area (Å²) in [6.07, 6.45) is 2.08. The van der Waals surface area contributed by atoms with Crippen LogP contribution in [0.15, 0.2) is 0 Å². The number of likely N-dealkylation sites (tertiary alicyclic amines) is 1. The zero-order valence-corrected chi connectivity index (χ0v) is 8.75. The lowest BCUT2D eigenvalue weighted by atomic mass is 9.91. The SMILES string of the molecule is CCOC(=O)[C@H]1CCCN(C)[C@H]1C. The predicted molar refractivity (Wildman–Crippen MR) is 51.4 cm³/mol. The minimum absolute atomic E-state index is 0.0263. The fraction of sp³-hybridized carbons (Fsp3) is 0.900. The third-order valence-electron chi connectivity index (χ3n) is 2.89. The molecule has 0 spiro atoms. The van der Waals surface area contributed by atoms with Crippen LogP contribution in [0.1, 0.15) is 26.7 Å². The highest BCUT2D eigenvalue weighted by atomic mass is 16.5. The van der Waals surface area contributed by atoms with E-state index in [4.69, 9.17) is 4.74 Å². The van der Waals surface area contributed by atoms with Gasteiger partial charge in [0.1, 0.15) is 0 Å². The second-order valence-electron chi connectivity index (χ2n) is 3.72. The van der Waals surface area contributed by atoms with E-state index in [-0.39, 0.29) is 11.9 Å². The van der Waals surface area contributed by atoms with Crippen LogP contribution in [0.3, 0.4) is 0 Å². The standard InChI is InChI=1S/C10H19NO2/c1-4-13-10(12)9-6-5-7-11(3)8(9)2/h8-9H,4-7H2,1-3H3/t8-,9-/m0/s1. The minimum Gasteiger partial charge on any atom is -0.466 e. The van der Waals surface area contributed by atoms with Gasteiger partial charge >= 0.3 is 5.97 Å². The molecule has 0 unspecified atom stereocenters. The first-order valence-electron chi connectivity index (χ1n) is 5.03. The molecule has 3 nitrogen and oxygen atoms in total. The second kappa shape index (κ2) is 4.61. The molecule has 3 heteroatoms. The maximum Gasteiger partial charge on any atom is 0.310 e. The van der Waals surface area contributed by atoms with E-state index in [1.807, 2.05) is 6.92 Å². The van der Waals surface area contributed by atoms with Crippen LogP contribution in [-0.4, -0.2) is 37.1 Å². The molecule has 0 aliphatic carbocycles. The Balaban J connectivity index is 2.52. The lowest BCUT2D eigenvalue weighted by Crippen LogP contribution is -2.44. The van der Waals surface area contributed by atoms with Crippen LogP contribution in [0.2, 0.25) is 0 Å². The molecule has 0 N–H and O–H groups in total. The molecule has 0 radical (unpaired) electrons. The summed E-state index contributed by atoms with van der Waals surface area (Å²) >= 11 is 0. The maximum atomic E-state index is 11.5. The Hall–Kier alpha value is -0.570. The number of hydrogen-bond donors (Lipinski definition) is 0. The number of carbonyl (C=O) groups is 1. The van der Waals surface area contributed by atoms with Gasteiger partial charge in [0.15, 0.2) is 0 Å². The van der Waals surface area contributed by atoms with Crippen molar-refractivity contribution in [3.8, 4) is 0 Å². The van der Waals surface area contributed by atoms with Gasteiger partial charge in [-0.3, -0.25) is 4.79 Å². The van der Waals surface area contributed by atoms with Crippen molar-refractivity contribution in [1.29, 1.82) is 0 Å². The quantitative estimate of drug-likeness (QED) is 0.607. The van der Waals surface area contributed by atoms with Gasteiger partial charge in [0.25, 0.3) is 0 Å². The fourth-order valence-corrected chi connectivity index (χ4v) is 1.88. The number of carbonyl (C=O) groups excluding carboxylic acids is 1. The van der Waals surface area contributed by atoms with Gasteiger partial charge in [-0.2, -0.15) is 0 Å². The Bertz CT molecular complexity index is 182. The average Bonchev–Trinajstić information content (AvgIpc) is 2.10. The third-order valence-corrected chi connectivity index (χ3v) is 2.89. The molecule has 0 aromatic carbocycles. The van der Waals surface area contributed by atoms with Crippen molar-refractivity contribution in [3.63, 3.8) is 0 Å². The van der Waals surface area contributed by atoms with Gasteiger partial charge in [0.05, 0.1) is 12.5 Å². The number of esters is 1. The van der Waals surface area contributed by atoms with Crippen LogP contribution >= 0.6 is 0 Å². The number of rotatable bonds is 2. The van der Waals surface area contributed by atoms with Crippen LogP contribution in [0.4, 0.5) is 0 Å². The predicted octanol–water partition coefficient (Wildman–Crippen LogP) is 1.28. The van der Waals surface area contributed by atoms with E-state index in [0.29, 0.717) is 12.6 Å². The summed E-state index contributed by atoms with van der Waals surface area (Å²) < 4.78 is 5.03. The largest absolute Gasteiger partial charge is 0.466 e. The zero-order chi connectivity index (χ0) is 9.84. The van der Waals surface area contributed by atoms with Gasteiger partial charge in [-0.25, -0.2) is 0 Å². The molecule has 0 saturated carbocycles. The van der Waals surface area contributed by atoms with E-state index in [1.54, 1.807) is 0 Å². The van der Waals surface area contributed by atoms with E-state index in [0.717, 1.165) is 19.4 Å². The summed E-state index contributed by atoms with van der Waals surface area (Å²) in [5.74, 6) is 0.0558. The lowest BCUT2D eigenvalue weighted by molar-refractivity contribution is -0.151. The summed E-state index contributed by atoms with van der Waals surface area (Å²) in [7, 11) is 2.07. The summed E-state index contributed by atoms with van der Waals surface area (Å²) in [5, 5.41) is 0. The molecule has 0 aromatic rings. The molecular formula is C10H19NO2. The van der Waals surface area contributed by atoms with Crippen molar-refractivity contribution in [2.45, 2.75) is 32.7 Å². The molecule has 1 saturated heterocycles. The molecule has 13 heavy (non-hydrogen) atoms. The maximum absolute atomic E-state index is 11.5. The molecule has 2 atom stereocenters. The molecule has 1 aliphatic heterocycles. The molecule has 0 aromatic heterocycles. The van der Waals surface area contributed by atoms with Crippen molar-refractivity contribution >= 4 is 5.97 Å². The zero-order valence-electron chi connectivity index (χ0n) is 8.75. The van der Waals surface area contributed by atoms with Crippen molar-refractivity contribution in [1.82, 2.24) is 4.90 Å². The van der Waals surface area contributed by atoms with Crippen molar-refractivity contribution < 1.29 is 9.53 Å². The first kappa shape index (κ1) is 10.5. The van der Waals surface area contributed by atoms with E-state index in [1.165, 1.54) is 0 Å². The molecule has 1 aliphatic rings. The summed E-state index contributed by atoms with van der Waals surface area (Å²) in [6.45, 7) is 5.54. The smallest absolute Gasteiger partial charge is 0.310 e. The molecule has 1 heterocycles. The van der Waals surface area contributed by atoms with Crippen molar-refractivity contribution in [3.05, 3.63) is 0 Å². The fourth-order valence-electron chi connectivity index (χ4n) is 1.88. The molecule has 1 fully saturated rings. The summed E-state index contributed by atoms with van der Waals surface area (Å²) in [6, 6.07) is 0.327. The number of hydrogen-bond acceptors (Lipinski definition) is 3. The summed E-state index contributed by atoms with van der Waals surface area (Å²) in [4.78, 5) is 13.7. The first-order valence-corrected chi connectivity index (χ1v) is 5.03. The topological polar surface area (TPSA) is 29.5 Å². The monoisotopic (exact) mass is 185 g/mol. The van der Waals surface area contributed by atoms with Crippen molar-refractivity contribution in [2.24, 2.45) is 5.92 Å². The highest BCUT2D eigenvalue weighted by Gasteiger charge is 2.31. The molecule has 0 amide bonds. The lowest BCUT2D eigenvalue weighted by Gasteiger charge is -2.35. The average molecular weight is 185 g/mol. The van der Waals surface area contributed by atoms with Crippen LogP contribution < -0.4 is 0 Å². The molecular weight excluding hydrogens is 166 g/mol. The van der Waals surface area contributed by atoms with E-state index in [9.17, 15) is 4.79 Å². The van der Waals surface area contributed by atoms with Crippen LogP contribution in [0, 0.1) is 5.92 Å². The van der Waals surface area contributed by atoms with Gasteiger partial charge in [-0.1, -0.05) is 0 Å². The second-order valence-corrected chi connectivity index (χ2v) is 3.72. The summed E-state index contributed by atoms with van der Waals surface area (Å²) in [5.41, 5.74) is 0. The van der Waals surface area contributed by atoms with E-state index in [2.05, 4.69) is 18.9 Å². The third kappa shape index (κ3) is 2.44. The Kier molecular flexibility index (Phi) is 3.72. The molecule has 76 valence electrons. The Morgan fingerprint density at radius 1 is 1.62 bits per heavy atom. The Morgan fingerprint density at radius 2 is 2.31 bits per heavy atom. The van der Waals surface area contributed by atoms with Crippen LogP contribution in [0.25, 0.3) is 0 Å². The minimum atomic E-state index is -0.0263. The van der Waals surface area contributed by atoms with Gasteiger partial charge in [0.2, 0.25) is 0 Å². The number of ether oxygens (including phenoxy) is 1. The number of nitrogens with zero attached hydrogens (tertiary/aromatic N) is 1.